The Bertz CT molecular complexity index is 1230. The second-order valence-electron chi connectivity index (χ2n) is 7.38. The van der Waals surface area contributed by atoms with Crippen molar-refractivity contribution >= 4 is 26.6 Å². The van der Waals surface area contributed by atoms with Gasteiger partial charge in [-0.25, -0.2) is 12.8 Å². The standard InChI is InChI=1S/C22H21FN2O3S/c1-14-18-10-15(12-24-21(26)11-16-8-9-29(27,28)13-16)6-7-20(18)25-22(14)17-4-2-3-5-19(17)23/h2-10,16,25H,11-13H2,1H3,(H,24,26)/t16-/m1/s1. The molecule has 2 N–H and O–H groups in total. The lowest BCUT2D eigenvalue weighted by Crippen LogP contribution is -2.25. The zero-order valence-electron chi connectivity index (χ0n) is 15.9. The number of aromatic nitrogens is 1. The van der Waals surface area contributed by atoms with E-state index in [1.54, 1.807) is 24.3 Å². The number of benzene rings is 2. The molecule has 3 aromatic rings. The molecule has 0 spiro atoms. The third-order valence-corrected chi connectivity index (χ3v) is 6.67. The Labute approximate surface area is 168 Å². The summed E-state index contributed by atoms with van der Waals surface area (Å²) in [4.78, 5) is 15.4. The lowest BCUT2D eigenvalue weighted by atomic mass is 10.0. The Morgan fingerprint density at radius 2 is 2.03 bits per heavy atom. The van der Waals surface area contributed by atoms with Gasteiger partial charge >= 0.3 is 0 Å². The largest absolute Gasteiger partial charge is 0.354 e. The van der Waals surface area contributed by atoms with Gasteiger partial charge in [-0.05, 0) is 42.3 Å². The van der Waals surface area contributed by atoms with E-state index in [0.717, 1.165) is 27.7 Å². The van der Waals surface area contributed by atoms with E-state index in [-0.39, 0.29) is 29.8 Å². The Morgan fingerprint density at radius 3 is 2.76 bits per heavy atom. The fourth-order valence-corrected chi connectivity index (χ4v) is 5.09. The predicted octanol–water partition coefficient (Wildman–Crippen LogP) is 3.85. The lowest BCUT2D eigenvalue weighted by Gasteiger charge is -2.08. The molecule has 150 valence electrons. The molecule has 0 saturated carbocycles. The number of hydrogen-bond acceptors (Lipinski definition) is 3. The van der Waals surface area contributed by atoms with E-state index in [4.69, 9.17) is 0 Å². The van der Waals surface area contributed by atoms with Crippen LogP contribution < -0.4 is 5.32 Å². The van der Waals surface area contributed by atoms with Gasteiger partial charge in [0.25, 0.3) is 0 Å². The highest BCUT2D eigenvalue weighted by Gasteiger charge is 2.23. The van der Waals surface area contributed by atoms with Crippen LogP contribution in [0, 0.1) is 18.7 Å². The first-order valence-electron chi connectivity index (χ1n) is 9.36. The molecule has 1 aromatic heterocycles. The number of carbonyl (C=O) groups is 1. The summed E-state index contributed by atoms with van der Waals surface area (Å²) in [6.45, 7) is 2.29. The molecule has 2 aromatic carbocycles. The highest BCUT2D eigenvalue weighted by Crippen LogP contribution is 2.31. The molecular weight excluding hydrogens is 391 g/mol. The van der Waals surface area contributed by atoms with Crippen molar-refractivity contribution in [3.63, 3.8) is 0 Å². The molecule has 4 rings (SSSR count). The molecule has 0 radical (unpaired) electrons. The van der Waals surface area contributed by atoms with Crippen molar-refractivity contribution in [1.82, 2.24) is 10.3 Å². The number of sulfone groups is 1. The van der Waals surface area contributed by atoms with E-state index in [2.05, 4.69) is 10.3 Å². The number of nitrogens with one attached hydrogen (secondary N) is 2. The highest BCUT2D eigenvalue weighted by atomic mass is 32.2. The van der Waals surface area contributed by atoms with E-state index < -0.39 is 9.84 Å². The van der Waals surface area contributed by atoms with Crippen molar-refractivity contribution in [1.29, 1.82) is 0 Å². The van der Waals surface area contributed by atoms with E-state index in [1.807, 2.05) is 25.1 Å². The summed E-state index contributed by atoms with van der Waals surface area (Å²) in [7, 11) is -3.15. The van der Waals surface area contributed by atoms with Crippen LogP contribution in [0.4, 0.5) is 4.39 Å². The molecule has 1 aliphatic rings. The zero-order chi connectivity index (χ0) is 20.6. The normalized spacial score (nSPS) is 17.7. The Kier molecular flexibility index (Phi) is 5.00. The minimum absolute atomic E-state index is 0.00620. The number of aryl methyl sites for hydroxylation is 1. The summed E-state index contributed by atoms with van der Waals surface area (Å²) in [6.07, 6.45) is 1.73. The molecule has 29 heavy (non-hydrogen) atoms. The van der Waals surface area contributed by atoms with Gasteiger partial charge < -0.3 is 10.3 Å². The van der Waals surface area contributed by atoms with Gasteiger partial charge in [0.05, 0.1) is 11.4 Å². The number of allylic oxidation sites excluding steroid dienone is 1. The molecule has 0 unspecified atom stereocenters. The zero-order valence-corrected chi connectivity index (χ0v) is 16.7. The Morgan fingerprint density at radius 1 is 1.24 bits per heavy atom. The average molecular weight is 412 g/mol. The van der Waals surface area contributed by atoms with Crippen LogP contribution in [-0.2, 0) is 21.2 Å². The van der Waals surface area contributed by atoms with Crippen LogP contribution in [-0.4, -0.2) is 25.1 Å². The van der Waals surface area contributed by atoms with Crippen molar-refractivity contribution < 1.29 is 17.6 Å². The number of hydrogen-bond donors (Lipinski definition) is 2. The van der Waals surface area contributed by atoms with Crippen LogP contribution in [0.1, 0.15) is 17.5 Å². The summed E-state index contributed by atoms with van der Waals surface area (Å²) in [5.74, 6) is -0.738. The van der Waals surface area contributed by atoms with E-state index in [1.165, 1.54) is 11.5 Å². The quantitative estimate of drug-likeness (QED) is 0.668. The maximum absolute atomic E-state index is 14.2. The van der Waals surface area contributed by atoms with Crippen LogP contribution in [0.25, 0.3) is 22.2 Å². The van der Waals surface area contributed by atoms with Gasteiger partial charge in [-0.3, -0.25) is 4.79 Å². The van der Waals surface area contributed by atoms with Gasteiger partial charge in [0.2, 0.25) is 5.91 Å². The molecule has 5 nitrogen and oxygen atoms in total. The fourth-order valence-electron chi connectivity index (χ4n) is 3.70. The number of fused-ring (bicyclic) bond motifs is 1. The van der Waals surface area contributed by atoms with Gasteiger partial charge in [0, 0.05) is 40.8 Å². The molecule has 0 bridgehead atoms. The van der Waals surface area contributed by atoms with E-state index >= 15 is 0 Å². The topological polar surface area (TPSA) is 79.0 Å². The predicted molar refractivity (Wildman–Crippen MR) is 111 cm³/mol. The third-order valence-electron chi connectivity index (χ3n) is 5.21. The number of aromatic amines is 1. The second kappa shape index (κ2) is 7.48. The molecule has 0 aliphatic carbocycles. The Hall–Kier alpha value is -2.93. The number of H-pyrrole nitrogens is 1. The third kappa shape index (κ3) is 4.10. The smallest absolute Gasteiger partial charge is 0.220 e. The van der Waals surface area contributed by atoms with E-state index in [0.29, 0.717) is 12.1 Å². The maximum Gasteiger partial charge on any atom is 0.220 e. The molecule has 1 aliphatic heterocycles. The van der Waals surface area contributed by atoms with Crippen LogP contribution in [0.15, 0.2) is 53.9 Å². The average Bonchev–Trinajstić information content (AvgIpc) is 3.19. The summed E-state index contributed by atoms with van der Waals surface area (Å²) in [5, 5.41) is 5.00. The first-order valence-corrected chi connectivity index (χ1v) is 11.1. The van der Waals surface area contributed by atoms with Crippen molar-refractivity contribution in [2.24, 2.45) is 5.92 Å². The van der Waals surface area contributed by atoms with Gasteiger partial charge in [-0.2, -0.15) is 0 Å². The number of carbonyl (C=O) groups excluding carboxylic acids is 1. The maximum atomic E-state index is 14.2. The second-order valence-corrected chi connectivity index (χ2v) is 9.31. The van der Waals surface area contributed by atoms with Crippen LogP contribution in [0.3, 0.4) is 0 Å². The van der Waals surface area contributed by atoms with Crippen LogP contribution in [0.5, 0.6) is 0 Å². The Balaban J connectivity index is 1.48. The lowest BCUT2D eigenvalue weighted by molar-refractivity contribution is -0.121. The number of amides is 1. The minimum atomic E-state index is -3.15. The first-order chi connectivity index (χ1) is 13.8. The summed E-state index contributed by atoms with van der Waals surface area (Å²) in [6, 6.07) is 12.4. The van der Waals surface area contributed by atoms with Crippen molar-refractivity contribution in [2.75, 3.05) is 5.75 Å². The molecule has 1 amide bonds. The van der Waals surface area contributed by atoms with Gasteiger partial charge in [-0.15, -0.1) is 0 Å². The molecule has 1 atom stereocenters. The highest BCUT2D eigenvalue weighted by molar-refractivity contribution is 7.94. The van der Waals surface area contributed by atoms with Crippen molar-refractivity contribution in [2.45, 2.75) is 19.9 Å². The van der Waals surface area contributed by atoms with E-state index in [9.17, 15) is 17.6 Å². The number of rotatable bonds is 5. The summed E-state index contributed by atoms with van der Waals surface area (Å²) >= 11 is 0. The molecule has 0 fully saturated rings. The van der Waals surface area contributed by atoms with Crippen molar-refractivity contribution in [3.8, 4) is 11.3 Å². The fraction of sp³-hybridized carbons (Fsp3) is 0.227. The number of halogens is 1. The van der Waals surface area contributed by atoms with Crippen LogP contribution in [0.2, 0.25) is 0 Å². The van der Waals surface area contributed by atoms with Gasteiger partial charge in [-0.1, -0.05) is 24.3 Å². The molecule has 2 heterocycles. The molecular formula is C22H21FN2O3S. The van der Waals surface area contributed by atoms with Gasteiger partial charge in [0.1, 0.15) is 5.82 Å². The summed E-state index contributed by atoms with van der Waals surface area (Å²) < 4.78 is 37.1. The minimum Gasteiger partial charge on any atom is -0.354 e. The molecule has 0 saturated heterocycles. The molecule has 7 heteroatoms. The van der Waals surface area contributed by atoms with Crippen LogP contribution >= 0.6 is 0 Å². The van der Waals surface area contributed by atoms with Gasteiger partial charge in [0.15, 0.2) is 9.84 Å². The SMILES string of the molecule is Cc1c(-c2ccccc2F)[nH]c2ccc(CNC(=O)C[C@H]3C=CS(=O)(=O)C3)cc12. The summed E-state index contributed by atoms with van der Waals surface area (Å²) in [5.41, 5.74) is 4.03. The van der Waals surface area contributed by atoms with Crippen molar-refractivity contribution in [3.05, 3.63) is 70.9 Å². The first kappa shape index (κ1) is 19.4. The monoisotopic (exact) mass is 412 g/mol.